The van der Waals surface area contributed by atoms with Gasteiger partial charge in [0.25, 0.3) is 0 Å². The number of halogens is 2. The van der Waals surface area contributed by atoms with E-state index < -0.39 is 5.97 Å². The van der Waals surface area contributed by atoms with Gasteiger partial charge in [-0.3, -0.25) is 5.43 Å². The van der Waals surface area contributed by atoms with Crippen LogP contribution < -0.4 is 10.2 Å². The average molecular weight is 524 g/mol. The summed E-state index contributed by atoms with van der Waals surface area (Å²) < 4.78 is 5.49. The molecular formula is C27H23Cl2N3O2S. The van der Waals surface area contributed by atoms with Crippen LogP contribution in [0.3, 0.4) is 0 Å². The molecule has 1 aromatic heterocycles. The third kappa shape index (κ3) is 6.48. The van der Waals surface area contributed by atoms with Gasteiger partial charge < -0.3 is 4.74 Å². The molecule has 0 unspecified atom stereocenters. The van der Waals surface area contributed by atoms with Crippen molar-refractivity contribution < 1.29 is 9.53 Å². The van der Waals surface area contributed by atoms with Crippen molar-refractivity contribution in [2.75, 3.05) is 5.43 Å². The molecule has 5 nitrogen and oxygen atoms in total. The van der Waals surface area contributed by atoms with Crippen molar-refractivity contribution in [2.24, 2.45) is 5.10 Å². The van der Waals surface area contributed by atoms with E-state index >= 15 is 0 Å². The van der Waals surface area contributed by atoms with E-state index in [1.54, 1.807) is 42.6 Å². The lowest BCUT2D eigenvalue weighted by molar-refractivity contribution is 0.0734. The smallest absolute Gasteiger partial charge is 0.343 e. The number of carbonyl (C=O) groups is 1. The second-order valence-corrected chi connectivity index (χ2v) is 10.5. The van der Waals surface area contributed by atoms with Crippen molar-refractivity contribution in [3.05, 3.63) is 98.8 Å². The predicted octanol–water partition coefficient (Wildman–Crippen LogP) is 8.08. The summed E-state index contributed by atoms with van der Waals surface area (Å²) in [5, 5.41) is 7.88. The van der Waals surface area contributed by atoms with Gasteiger partial charge >= 0.3 is 5.97 Å². The van der Waals surface area contributed by atoms with Gasteiger partial charge in [0.05, 0.1) is 22.5 Å². The highest BCUT2D eigenvalue weighted by molar-refractivity contribution is 7.14. The van der Waals surface area contributed by atoms with E-state index in [-0.39, 0.29) is 5.41 Å². The molecule has 0 saturated carbocycles. The van der Waals surface area contributed by atoms with Crippen LogP contribution in [0.25, 0.3) is 11.3 Å². The number of hydrogen-bond donors (Lipinski definition) is 1. The molecule has 0 saturated heterocycles. The molecule has 0 aliphatic heterocycles. The van der Waals surface area contributed by atoms with E-state index in [1.165, 1.54) is 11.3 Å². The van der Waals surface area contributed by atoms with Crippen LogP contribution in [0.4, 0.5) is 5.13 Å². The Bertz CT molecular complexity index is 1360. The summed E-state index contributed by atoms with van der Waals surface area (Å²) in [5.41, 5.74) is 7.01. The number of rotatable bonds is 6. The third-order valence-electron chi connectivity index (χ3n) is 5.16. The molecule has 0 atom stereocenters. The summed E-state index contributed by atoms with van der Waals surface area (Å²) >= 11 is 13.6. The average Bonchev–Trinajstić information content (AvgIpc) is 3.28. The molecule has 3 aromatic carbocycles. The van der Waals surface area contributed by atoms with Crippen molar-refractivity contribution in [1.82, 2.24) is 4.98 Å². The fraction of sp³-hybridized carbons (Fsp3) is 0.148. The summed E-state index contributed by atoms with van der Waals surface area (Å²) in [6, 6.07) is 19.9. The third-order valence-corrected chi connectivity index (χ3v) is 6.46. The van der Waals surface area contributed by atoms with E-state index in [9.17, 15) is 4.79 Å². The molecule has 0 spiro atoms. The second-order valence-electron chi connectivity index (χ2n) is 8.82. The number of thiazole rings is 1. The van der Waals surface area contributed by atoms with Gasteiger partial charge in [0.2, 0.25) is 5.13 Å². The van der Waals surface area contributed by atoms with Crippen molar-refractivity contribution in [3.8, 4) is 17.0 Å². The summed E-state index contributed by atoms with van der Waals surface area (Å²) in [6.07, 6.45) is 1.66. The molecule has 0 aliphatic rings. The lowest BCUT2D eigenvalue weighted by Gasteiger charge is -2.18. The van der Waals surface area contributed by atoms with Crippen LogP contribution in [-0.2, 0) is 5.41 Å². The van der Waals surface area contributed by atoms with Crippen LogP contribution in [0, 0.1) is 0 Å². The van der Waals surface area contributed by atoms with Gasteiger partial charge in [-0.2, -0.15) is 5.10 Å². The number of hydrogen-bond acceptors (Lipinski definition) is 6. The molecule has 0 aliphatic carbocycles. The lowest BCUT2D eigenvalue weighted by Crippen LogP contribution is -2.12. The Morgan fingerprint density at radius 3 is 2.40 bits per heavy atom. The second kappa shape index (κ2) is 10.6. The molecular weight excluding hydrogens is 501 g/mol. The Kier molecular flexibility index (Phi) is 7.55. The number of carbonyl (C=O) groups excluding carboxylic acids is 1. The number of ether oxygens (including phenoxy) is 1. The van der Waals surface area contributed by atoms with Crippen molar-refractivity contribution in [2.45, 2.75) is 26.2 Å². The topological polar surface area (TPSA) is 63.6 Å². The molecule has 0 amide bonds. The van der Waals surface area contributed by atoms with Crippen LogP contribution in [-0.4, -0.2) is 17.2 Å². The quantitative estimate of drug-likeness (QED) is 0.120. The number of aromatic nitrogens is 1. The van der Waals surface area contributed by atoms with Gasteiger partial charge in [0.15, 0.2) is 0 Å². The van der Waals surface area contributed by atoms with Crippen LogP contribution in [0.15, 0.2) is 77.2 Å². The molecule has 8 heteroatoms. The minimum Gasteiger partial charge on any atom is -0.423 e. The first-order valence-electron chi connectivity index (χ1n) is 10.8. The number of esters is 1. The number of hydrazone groups is 1. The zero-order valence-electron chi connectivity index (χ0n) is 19.4. The van der Waals surface area contributed by atoms with Crippen LogP contribution in [0.1, 0.15) is 42.3 Å². The van der Waals surface area contributed by atoms with E-state index in [0.717, 1.165) is 22.4 Å². The highest BCUT2D eigenvalue weighted by Gasteiger charge is 2.15. The Morgan fingerprint density at radius 1 is 1.03 bits per heavy atom. The maximum Gasteiger partial charge on any atom is 0.343 e. The lowest BCUT2D eigenvalue weighted by atomic mass is 9.87. The normalized spacial score (nSPS) is 11.6. The number of anilines is 1. The monoisotopic (exact) mass is 523 g/mol. The Balaban J connectivity index is 1.33. The van der Waals surface area contributed by atoms with Crippen LogP contribution in [0.2, 0.25) is 10.0 Å². The molecule has 0 bridgehead atoms. The van der Waals surface area contributed by atoms with Crippen molar-refractivity contribution in [3.63, 3.8) is 0 Å². The van der Waals surface area contributed by atoms with Crippen LogP contribution >= 0.6 is 34.5 Å². The molecule has 0 fully saturated rings. The van der Waals surface area contributed by atoms with Gasteiger partial charge in [-0.05, 0) is 71.1 Å². The number of nitrogens with zero attached hydrogens (tertiary/aromatic N) is 2. The van der Waals surface area contributed by atoms with Gasteiger partial charge in [0.1, 0.15) is 5.75 Å². The molecule has 35 heavy (non-hydrogen) atoms. The van der Waals surface area contributed by atoms with Crippen molar-refractivity contribution >= 4 is 51.9 Å². The minimum atomic E-state index is -0.395. The maximum absolute atomic E-state index is 12.5. The maximum atomic E-state index is 12.5. The number of nitrogens with one attached hydrogen (secondary N) is 1. The first-order valence-corrected chi connectivity index (χ1v) is 12.5. The summed E-state index contributed by atoms with van der Waals surface area (Å²) in [6.45, 7) is 6.39. The fourth-order valence-corrected chi connectivity index (χ4v) is 4.37. The summed E-state index contributed by atoms with van der Waals surface area (Å²) in [5.74, 6) is 0.0679. The SMILES string of the molecule is CC(C)(C)c1ccc(C(=O)Oc2ccc(/C=N\Nc3nc(-c4ccc(Cl)cc4Cl)cs3)cc2)cc1. The molecule has 178 valence electrons. The zero-order chi connectivity index (χ0) is 25.0. The van der Waals surface area contributed by atoms with E-state index in [0.29, 0.717) is 26.5 Å². The Morgan fingerprint density at radius 2 is 1.74 bits per heavy atom. The van der Waals surface area contributed by atoms with E-state index in [4.69, 9.17) is 27.9 Å². The summed E-state index contributed by atoms with van der Waals surface area (Å²) in [7, 11) is 0. The van der Waals surface area contributed by atoms with Crippen molar-refractivity contribution in [1.29, 1.82) is 0 Å². The molecule has 4 aromatic rings. The van der Waals surface area contributed by atoms with Gasteiger partial charge in [-0.25, -0.2) is 9.78 Å². The standard InChI is InChI=1S/C27H23Cl2N3O2S/c1-27(2,3)19-8-6-18(7-9-19)25(33)34-21-11-4-17(5-12-21)15-30-32-26-31-24(16-35-26)22-13-10-20(28)14-23(22)29/h4-16H,1-3H3,(H,31,32)/b30-15-. The van der Waals surface area contributed by atoms with Gasteiger partial charge in [-0.1, -0.05) is 56.1 Å². The number of benzene rings is 3. The highest BCUT2D eigenvalue weighted by Crippen LogP contribution is 2.32. The fourth-order valence-electron chi connectivity index (χ4n) is 3.20. The summed E-state index contributed by atoms with van der Waals surface area (Å²) in [4.78, 5) is 17.0. The van der Waals surface area contributed by atoms with E-state index in [1.807, 2.05) is 35.7 Å². The highest BCUT2D eigenvalue weighted by atomic mass is 35.5. The Hall–Kier alpha value is -3.19. The van der Waals surface area contributed by atoms with Gasteiger partial charge in [0, 0.05) is 16.0 Å². The zero-order valence-corrected chi connectivity index (χ0v) is 21.7. The Labute approximate surface area is 218 Å². The van der Waals surface area contributed by atoms with E-state index in [2.05, 4.69) is 36.3 Å². The molecule has 1 heterocycles. The first-order chi connectivity index (χ1) is 16.7. The van der Waals surface area contributed by atoms with Crippen LogP contribution in [0.5, 0.6) is 5.75 Å². The first kappa shape index (κ1) is 24.9. The molecule has 1 N–H and O–H groups in total. The predicted molar refractivity (Wildman–Crippen MR) is 145 cm³/mol. The molecule has 4 rings (SSSR count). The molecule has 0 radical (unpaired) electrons. The minimum absolute atomic E-state index is 0.0287. The largest absolute Gasteiger partial charge is 0.423 e. The van der Waals surface area contributed by atoms with Gasteiger partial charge in [-0.15, -0.1) is 11.3 Å².